The van der Waals surface area contributed by atoms with E-state index in [1.807, 2.05) is 6.07 Å². The molecule has 3 aromatic carbocycles. The number of rotatable bonds is 7. The summed E-state index contributed by atoms with van der Waals surface area (Å²) in [5.74, 6) is 0.940. The summed E-state index contributed by atoms with van der Waals surface area (Å²) in [6, 6.07) is 27.5. The van der Waals surface area contributed by atoms with Crippen LogP contribution in [0.25, 0.3) is 0 Å². The number of halogens is 1. The van der Waals surface area contributed by atoms with Crippen molar-refractivity contribution >= 4 is 18.1 Å². The first kappa shape index (κ1) is 22.8. The van der Waals surface area contributed by atoms with Gasteiger partial charge in [0.25, 0.3) is 5.69 Å². The Morgan fingerprint density at radius 2 is 1.58 bits per heavy atom. The quantitative estimate of drug-likeness (QED) is 0.361. The summed E-state index contributed by atoms with van der Waals surface area (Å²) in [7, 11) is 0. The Kier molecular flexibility index (Phi) is 8.04. The summed E-state index contributed by atoms with van der Waals surface area (Å²) < 4.78 is 6.32. The van der Waals surface area contributed by atoms with E-state index in [1.165, 1.54) is 23.3 Å². The third-order valence-electron chi connectivity index (χ3n) is 5.76. The highest BCUT2D eigenvalue weighted by Crippen LogP contribution is 2.31. The van der Waals surface area contributed by atoms with Gasteiger partial charge < -0.3 is 9.64 Å². The Bertz CT molecular complexity index is 952. The van der Waals surface area contributed by atoms with Crippen LogP contribution in [0, 0.1) is 10.1 Å². The topological polar surface area (TPSA) is 55.6 Å². The third kappa shape index (κ3) is 6.06. The minimum atomic E-state index is -0.387. The lowest BCUT2D eigenvalue weighted by Gasteiger charge is -2.39. The van der Waals surface area contributed by atoms with Crippen LogP contribution in [0.15, 0.2) is 84.9 Å². The van der Waals surface area contributed by atoms with Gasteiger partial charge in [0.15, 0.2) is 0 Å². The Labute approximate surface area is 189 Å². The summed E-state index contributed by atoms with van der Waals surface area (Å²) in [4.78, 5) is 13.0. The minimum absolute atomic E-state index is 0. The van der Waals surface area contributed by atoms with Gasteiger partial charge in [-0.05, 0) is 36.1 Å². The molecule has 0 amide bonds. The van der Waals surface area contributed by atoms with Crippen LogP contribution in [0.2, 0.25) is 0 Å². The molecule has 0 aromatic heterocycles. The second kappa shape index (κ2) is 10.9. The van der Waals surface area contributed by atoms with Crippen LogP contribution in [0.1, 0.15) is 23.5 Å². The van der Waals surface area contributed by atoms with Gasteiger partial charge in [-0.1, -0.05) is 60.7 Å². The molecule has 4 rings (SSSR count). The first-order chi connectivity index (χ1) is 14.7. The fourth-order valence-corrected chi connectivity index (χ4v) is 4.12. The van der Waals surface area contributed by atoms with Crippen molar-refractivity contribution in [2.24, 2.45) is 0 Å². The molecule has 6 heteroatoms. The minimum Gasteiger partial charge on any atom is -0.490 e. The van der Waals surface area contributed by atoms with E-state index >= 15 is 0 Å². The number of non-ortho nitro benzene ring substituents is 1. The molecule has 3 aromatic rings. The molecule has 0 N–H and O–H groups in total. The van der Waals surface area contributed by atoms with Crippen molar-refractivity contribution in [1.29, 1.82) is 0 Å². The number of hydrogen-bond donors (Lipinski definition) is 0. The molecule has 2 atom stereocenters. The van der Waals surface area contributed by atoms with Gasteiger partial charge in [0.05, 0.1) is 4.92 Å². The van der Waals surface area contributed by atoms with E-state index in [0.29, 0.717) is 5.75 Å². The van der Waals surface area contributed by atoms with Crippen LogP contribution >= 0.6 is 12.4 Å². The lowest BCUT2D eigenvalue weighted by Crippen LogP contribution is -2.44. The van der Waals surface area contributed by atoms with Gasteiger partial charge in [-0.15, -0.1) is 12.4 Å². The highest BCUT2D eigenvalue weighted by Gasteiger charge is 2.32. The predicted octanol–water partition coefficient (Wildman–Crippen LogP) is 5.50. The average molecular weight is 439 g/mol. The molecule has 0 bridgehead atoms. The number of benzene rings is 3. The normalized spacial score (nSPS) is 18.7. The van der Waals surface area contributed by atoms with Crippen molar-refractivity contribution in [3.8, 4) is 5.75 Å². The second-order valence-electron chi connectivity index (χ2n) is 7.75. The zero-order valence-corrected chi connectivity index (χ0v) is 18.1. The van der Waals surface area contributed by atoms with E-state index in [4.69, 9.17) is 4.74 Å². The molecule has 1 fully saturated rings. The molecule has 31 heavy (non-hydrogen) atoms. The largest absolute Gasteiger partial charge is 0.490 e. The number of ether oxygens (including phenoxy) is 1. The standard InChI is InChI=1S/C25H26N2O3.ClH/c28-27(29)22-11-13-23(14-12-22)30-25-16-18-26(17-15-20-7-3-1-4-8-20)19-24(25)21-9-5-2-6-10-21;/h1-14,24-25H,15-19H2;1H/t24-,25+;/m0./s1. The second-order valence-corrected chi connectivity index (χ2v) is 7.75. The van der Waals surface area contributed by atoms with Crippen LogP contribution in [0.3, 0.4) is 0 Å². The zero-order chi connectivity index (χ0) is 20.8. The molecule has 1 heterocycles. The zero-order valence-electron chi connectivity index (χ0n) is 17.3. The smallest absolute Gasteiger partial charge is 0.269 e. The molecule has 162 valence electrons. The summed E-state index contributed by atoms with van der Waals surface area (Å²) in [6.45, 7) is 2.94. The van der Waals surface area contributed by atoms with Crippen molar-refractivity contribution in [3.63, 3.8) is 0 Å². The van der Waals surface area contributed by atoms with Gasteiger partial charge in [-0.3, -0.25) is 10.1 Å². The van der Waals surface area contributed by atoms with Crippen molar-refractivity contribution in [1.82, 2.24) is 4.90 Å². The maximum atomic E-state index is 10.9. The van der Waals surface area contributed by atoms with Crippen LogP contribution < -0.4 is 4.74 Å². The van der Waals surface area contributed by atoms with Crippen molar-refractivity contribution < 1.29 is 9.66 Å². The summed E-state index contributed by atoms with van der Waals surface area (Å²) in [6.07, 6.45) is 2.00. The molecule has 0 aliphatic carbocycles. The van der Waals surface area contributed by atoms with Gasteiger partial charge in [0.2, 0.25) is 0 Å². The molecule has 0 radical (unpaired) electrons. The summed E-state index contributed by atoms with van der Waals surface area (Å²) in [5.41, 5.74) is 2.71. The van der Waals surface area contributed by atoms with E-state index in [0.717, 1.165) is 32.5 Å². The van der Waals surface area contributed by atoms with Crippen molar-refractivity contribution in [3.05, 3.63) is 106 Å². The fourth-order valence-electron chi connectivity index (χ4n) is 4.12. The SMILES string of the molecule is Cl.O=[N+]([O-])c1ccc(O[C@@H]2CCN(CCc3ccccc3)C[C@H]2c2ccccc2)cc1. The van der Waals surface area contributed by atoms with Gasteiger partial charge in [0.1, 0.15) is 11.9 Å². The van der Waals surface area contributed by atoms with Crippen molar-refractivity contribution in [2.45, 2.75) is 24.9 Å². The first-order valence-electron chi connectivity index (χ1n) is 10.4. The lowest BCUT2D eigenvalue weighted by molar-refractivity contribution is -0.384. The number of hydrogen-bond acceptors (Lipinski definition) is 4. The van der Waals surface area contributed by atoms with E-state index in [1.54, 1.807) is 12.1 Å². The fraction of sp³-hybridized carbons (Fsp3) is 0.280. The van der Waals surface area contributed by atoms with Gasteiger partial charge in [0, 0.05) is 37.7 Å². The Morgan fingerprint density at radius 3 is 2.23 bits per heavy atom. The number of nitrogens with zero attached hydrogens (tertiary/aromatic N) is 2. The maximum Gasteiger partial charge on any atom is 0.269 e. The molecule has 5 nitrogen and oxygen atoms in total. The Hall–Kier alpha value is -2.89. The van der Waals surface area contributed by atoms with Gasteiger partial charge in [-0.2, -0.15) is 0 Å². The Balaban J connectivity index is 0.00000272. The van der Waals surface area contributed by atoms with Crippen molar-refractivity contribution in [2.75, 3.05) is 19.6 Å². The molecule has 1 aliphatic heterocycles. The van der Waals surface area contributed by atoms with E-state index in [2.05, 4.69) is 59.5 Å². The number of nitro groups is 1. The molecule has 1 saturated heterocycles. The van der Waals surface area contributed by atoms with Crippen LogP contribution in [-0.2, 0) is 6.42 Å². The van der Waals surface area contributed by atoms with Crippen LogP contribution in [0.4, 0.5) is 5.69 Å². The third-order valence-corrected chi connectivity index (χ3v) is 5.76. The maximum absolute atomic E-state index is 10.9. The first-order valence-corrected chi connectivity index (χ1v) is 10.4. The van der Waals surface area contributed by atoms with Gasteiger partial charge >= 0.3 is 0 Å². The molecule has 0 spiro atoms. The molecule has 0 unspecified atom stereocenters. The highest BCUT2D eigenvalue weighted by molar-refractivity contribution is 5.85. The molecular weight excluding hydrogens is 412 g/mol. The van der Waals surface area contributed by atoms with E-state index in [9.17, 15) is 10.1 Å². The summed E-state index contributed by atoms with van der Waals surface area (Å²) in [5, 5.41) is 10.9. The predicted molar refractivity (Wildman–Crippen MR) is 125 cm³/mol. The Morgan fingerprint density at radius 1 is 0.935 bits per heavy atom. The van der Waals surface area contributed by atoms with Gasteiger partial charge in [-0.25, -0.2) is 0 Å². The van der Waals surface area contributed by atoms with E-state index in [-0.39, 0.29) is 35.0 Å². The lowest BCUT2D eigenvalue weighted by atomic mass is 9.87. The number of likely N-dealkylation sites (tertiary alicyclic amines) is 1. The van der Waals surface area contributed by atoms with Crippen LogP contribution in [-0.4, -0.2) is 35.6 Å². The molecule has 1 aliphatic rings. The van der Waals surface area contributed by atoms with Crippen LogP contribution in [0.5, 0.6) is 5.75 Å². The summed E-state index contributed by atoms with van der Waals surface area (Å²) >= 11 is 0. The van der Waals surface area contributed by atoms with E-state index < -0.39 is 0 Å². The highest BCUT2D eigenvalue weighted by atomic mass is 35.5. The monoisotopic (exact) mass is 438 g/mol. The molecule has 0 saturated carbocycles. The molecular formula is C25H27ClN2O3. The average Bonchev–Trinajstić information content (AvgIpc) is 2.80. The number of nitro benzene ring substituents is 1. The number of piperidine rings is 1.